The molecule has 1 rings (SSSR count). The van der Waals surface area contributed by atoms with Gasteiger partial charge in [-0.3, -0.25) is 0 Å². The Morgan fingerprint density at radius 3 is 2.42 bits per heavy atom. The Kier molecular flexibility index (Phi) is 5.83. The van der Waals surface area contributed by atoms with E-state index in [0.29, 0.717) is 34.0 Å². The van der Waals surface area contributed by atoms with E-state index in [4.69, 9.17) is 11.6 Å². The number of sulfone groups is 1. The highest BCUT2D eigenvalue weighted by Gasteiger charge is 2.17. The van der Waals surface area contributed by atoms with E-state index in [1.807, 2.05) is 0 Å². The van der Waals surface area contributed by atoms with Crippen LogP contribution in [0, 0.1) is 5.92 Å². The summed E-state index contributed by atoms with van der Waals surface area (Å²) in [4.78, 5) is 0.311. The van der Waals surface area contributed by atoms with E-state index in [2.05, 4.69) is 26.1 Å². The van der Waals surface area contributed by atoms with Gasteiger partial charge in [-0.25, -0.2) is 8.42 Å². The van der Waals surface area contributed by atoms with Crippen molar-refractivity contribution >= 4 is 21.4 Å². The van der Waals surface area contributed by atoms with Gasteiger partial charge in [-0.05, 0) is 24.5 Å². The van der Waals surface area contributed by atoms with E-state index in [0.717, 1.165) is 6.42 Å². The summed E-state index contributed by atoms with van der Waals surface area (Å²) in [5, 5.41) is 3.88. The lowest BCUT2D eigenvalue weighted by atomic mass is 10.0. The molecule has 108 valence electrons. The smallest absolute Gasteiger partial charge is 0.175 e. The van der Waals surface area contributed by atoms with E-state index in [-0.39, 0.29) is 0 Å². The molecule has 0 aliphatic rings. The first-order valence-corrected chi connectivity index (χ1v) is 8.75. The third kappa shape index (κ3) is 4.48. The molecule has 0 aromatic heterocycles. The Morgan fingerprint density at radius 2 is 1.95 bits per heavy atom. The van der Waals surface area contributed by atoms with Gasteiger partial charge in [-0.15, -0.1) is 0 Å². The van der Waals surface area contributed by atoms with Crippen LogP contribution in [0.15, 0.2) is 23.1 Å². The summed E-state index contributed by atoms with van der Waals surface area (Å²) in [6.45, 7) is 6.87. The molecule has 19 heavy (non-hydrogen) atoms. The predicted octanol–water partition coefficient (Wildman–Crippen LogP) is 3.27. The van der Waals surface area contributed by atoms with Crippen molar-refractivity contribution in [2.75, 3.05) is 6.26 Å². The molecule has 1 unspecified atom stereocenters. The van der Waals surface area contributed by atoms with Gasteiger partial charge in [0.1, 0.15) is 0 Å². The summed E-state index contributed by atoms with van der Waals surface area (Å²) in [5.41, 5.74) is 0.658. The summed E-state index contributed by atoms with van der Waals surface area (Å²) in [6, 6.07) is 5.35. The molecule has 0 aliphatic heterocycles. The van der Waals surface area contributed by atoms with E-state index >= 15 is 0 Å². The number of hydrogen-bond donors (Lipinski definition) is 1. The molecule has 0 spiro atoms. The second kappa shape index (κ2) is 6.73. The normalized spacial score (nSPS) is 13.8. The number of halogens is 1. The van der Waals surface area contributed by atoms with E-state index < -0.39 is 9.84 Å². The van der Waals surface area contributed by atoms with Gasteiger partial charge in [0.05, 0.1) is 4.90 Å². The van der Waals surface area contributed by atoms with Crippen LogP contribution in [-0.2, 0) is 16.4 Å². The van der Waals surface area contributed by atoms with E-state index in [9.17, 15) is 8.42 Å². The first-order valence-electron chi connectivity index (χ1n) is 6.48. The zero-order chi connectivity index (χ0) is 14.6. The number of hydrogen-bond acceptors (Lipinski definition) is 3. The van der Waals surface area contributed by atoms with Gasteiger partial charge in [0.25, 0.3) is 0 Å². The van der Waals surface area contributed by atoms with Gasteiger partial charge in [0, 0.05) is 29.4 Å². The monoisotopic (exact) mass is 303 g/mol. The summed E-state index contributed by atoms with van der Waals surface area (Å²) < 4.78 is 23.5. The van der Waals surface area contributed by atoms with E-state index in [1.54, 1.807) is 18.2 Å². The summed E-state index contributed by atoms with van der Waals surface area (Å²) >= 11 is 6.14. The van der Waals surface area contributed by atoms with Gasteiger partial charge in [0.2, 0.25) is 0 Å². The zero-order valence-corrected chi connectivity index (χ0v) is 13.5. The second-order valence-electron chi connectivity index (χ2n) is 5.13. The molecule has 0 bridgehead atoms. The first-order chi connectivity index (χ1) is 8.77. The van der Waals surface area contributed by atoms with Crippen LogP contribution in [0.5, 0.6) is 0 Å². The molecule has 5 heteroatoms. The molecular formula is C14H22ClNO2S. The average Bonchev–Trinajstić information content (AvgIpc) is 2.29. The molecule has 3 nitrogen and oxygen atoms in total. The number of benzene rings is 1. The van der Waals surface area contributed by atoms with Crippen molar-refractivity contribution in [3.05, 3.63) is 28.8 Å². The second-order valence-corrected chi connectivity index (χ2v) is 7.52. The standard InChI is InChI=1S/C14H22ClNO2S/c1-5-13(10(2)3)16-9-11-12(15)7-6-8-14(11)19(4,17)18/h6-8,10,13,16H,5,9H2,1-4H3. The lowest BCUT2D eigenvalue weighted by Crippen LogP contribution is -2.33. The van der Waals surface area contributed by atoms with Crippen LogP contribution in [0.1, 0.15) is 32.8 Å². The lowest BCUT2D eigenvalue weighted by molar-refractivity contribution is 0.386. The number of rotatable bonds is 6. The Bertz CT molecular complexity index is 526. The number of nitrogens with one attached hydrogen (secondary N) is 1. The maximum atomic E-state index is 11.8. The van der Waals surface area contributed by atoms with Gasteiger partial charge in [-0.2, -0.15) is 0 Å². The molecule has 1 N–H and O–H groups in total. The highest BCUT2D eigenvalue weighted by molar-refractivity contribution is 7.90. The molecular weight excluding hydrogens is 282 g/mol. The van der Waals surface area contributed by atoms with Crippen LogP contribution in [0.2, 0.25) is 5.02 Å². The highest BCUT2D eigenvalue weighted by atomic mass is 35.5. The fourth-order valence-corrected chi connectivity index (χ4v) is 3.40. The van der Waals surface area contributed by atoms with Crippen LogP contribution in [-0.4, -0.2) is 20.7 Å². The average molecular weight is 304 g/mol. The fraction of sp³-hybridized carbons (Fsp3) is 0.571. The fourth-order valence-electron chi connectivity index (χ4n) is 2.14. The Morgan fingerprint density at radius 1 is 1.32 bits per heavy atom. The minimum Gasteiger partial charge on any atom is -0.310 e. The highest BCUT2D eigenvalue weighted by Crippen LogP contribution is 2.24. The summed E-state index contributed by atoms with van der Waals surface area (Å²) in [5.74, 6) is 0.495. The van der Waals surface area contributed by atoms with Crippen molar-refractivity contribution in [3.8, 4) is 0 Å². The van der Waals surface area contributed by atoms with Crippen molar-refractivity contribution < 1.29 is 8.42 Å². The molecule has 0 amide bonds. The van der Waals surface area contributed by atoms with Crippen molar-refractivity contribution in [1.29, 1.82) is 0 Å². The van der Waals surface area contributed by atoms with Crippen molar-refractivity contribution in [2.45, 2.75) is 44.7 Å². The molecule has 1 aromatic rings. The minimum atomic E-state index is -3.26. The van der Waals surface area contributed by atoms with Crippen molar-refractivity contribution in [2.24, 2.45) is 5.92 Å². The third-order valence-corrected chi connectivity index (χ3v) is 4.80. The van der Waals surface area contributed by atoms with Crippen molar-refractivity contribution in [1.82, 2.24) is 5.32 Å². The minimum absolute atomic E-state index is 0.311. The maximum Gasteiger partial charge on any atom is 0.175 e. The van der Waals surface area contributed by atoms with Gasteiger partial charge in [0.15, 0.2) is 9.84 Å². The van der Waals surface area contributed by atoms with Crippen LogP contribution >= 0.6 is 11.6 Å². The summed E-state index contributed by atoms with van der Waals surface area (Å²) in [6.07, 6.45) is 2.21. The van der Waals surface area contributed by atoms with Crippen LogP contribution < -0.4 is 5.32 Å². The van der Waals surface area contributed by atoms with Gasteiger partial charge in [-0.1, -0.05) is 38.4 Å². The first kappa shape index (κ1) is 16.5. The molecule has 0 radical (unpaired) electrons. The predicted molar refractivity (Wildman–Crippen MR) is 80.3 cm³/mol. The Hall–Kier alpha value is -0.580. The quantitative estimate of drug-likeness (QED) is 0.877. The topological polar surface area (TPSA) is 46.2 Å². The van der Waals surface area contributed by atoms with Crippen LogP contribution in [0.25, 0.3) is 0 Å². The van der Waals surface area contributed by atoms with Gasteiger partial charge >= 0.3 is 0 Å². The molecule has 0 fully saturated rings. The molecule has 0 aliphatic carbocycles. The van der Waals surface area contributed by atoms with Crippen LogP contribution in [0.4, 0.5) is 0 Å². The molecule has 0 heterocycles. The molecule has 1 aromatic carbocycles. The van der Waals surface area contributed by atoms with Gasteiger partial charge < -0.3 is 5.32 Å². The molecule has 1 atom stereocenters. The lowest BCUT2D eigenvalue weighted by Gasteiger charge is -2.22. The largest absolute Gasteiger partial charge is 0.310 e. The summed E-state index contributed by atoms with van der Waals surface area (Å²) in [7, 11) is -3.26. The Balaban J connectivity index is 3.01. The zero-order valence-electron chi connectivity index (χ0n) is 11.9. The van der Waals surface area contributed by atoms with Crippen LogP contribution in [0.3, 0.4) is 0 Å². The molecule has 0 saturated carbocycles. The maximum absolute atomic E-state index is 11.8. The Labute approximate surface area is 121 Å². The van der Waals surface area contributed by atoms with Crippen molar-refractivity contribution in [3.63, 3.8) is 0 Å². The third-order valence-electron chi connectivity index (χ3n) is 3.26. The SMILES string of the molecule is CCC(NCc1c(Cl)cccc1S(C)(=O)=O)C(C)C. The van der Waals surface area contributed by atoms with E-state index in [1.165, 1.54) is 6.26 Å². The molecule has 0 saturated heterocycles.